The molecule has 1 aromatic rings. The van der Waals surface area contributed by atoms with Gasteiger partial charge in [-0.15, -0.1) is 0 Å². The summed E-state index contributed by atoms with van der Waals surface area (Å²) in [7, 11) is -3.43. The summed E-state index contributed by atoms with van der Waals surface area (Å²) >= 11 is 3.35. The Hall–Kier alpha value is -0.920. The van der Waals surface area contributed by atoms with Gasteiger partial charge < -0.3 is 4.90 Å². The van der Waals surface area contributed by atoms with Crippen LogP contribution in [0.15, 0.2) is 28.7 Å². The summed E-state index contributed by atoms with van der Waals surface area (Å²) in [6.07, 6.45) is 4.28. The molecule has 1 aliphatic rings. The van der Waals surface area contributed by atoms with E-state index in [9.17, 15) is 13.2 Å². The van der Waals surface area contributed by atoms with Crippen LogP contribution in [0.3, 0.4) is 0 Å². The summed E-state index contributed by atoms with van der Waals surface area (Å²) in [5.74, 6) is -0.109. The molecule has 1 saturated heterocycles. The lowest BCUT2D eigenvalue weighted by Gasteiger charge is -2.29. The third-order valence-corrected chi connectivity index (χ3v) is 5.49. The second-order valence-corrected chi connectivity index (χ2v) is 8.50. The Balaban J connectivity index is 2.06. The monoisotopic (exact) mass is 388 g/mol. The maximum Gasteiger partial charge on any atom is 0.237 e. The van der Waals surface area contributed by atoms with Gasteiger partial charge in [0.25, 0.3) is 0 Å². The van der Waals surface area contributed by atoms with E-state index in [1.54, 1.807) is 4.90 Å². The van der Waals surface area contributed by atoms with Crippen LogP contribution in [0.25, 0.3) is 0 Å². The zero-order valence-corrected chi connectivity index (χ0v) is 15.1. The molecular weight excluding hydrogens is 368 g/mol. The molecule has 1 aromatic carbocycles. The fourth-order valence-electron chi connectivity index (χ4n) is 2.48. The Labute approximate surface area is 140 Å². The maximum atomic E-state index is 12.3. The minimum absolute atomic E-state index is 0.0884. The van der Waals surface area contributed by atoms with Crippen LogP contribution < -0.4 is 0 Å². The fraction of sp³-hybridized carbons (Fsp3) is 0.533. The van der Waals surface area contributed by atoms with Crippen LogP contribution in [-0.4, -0.2) is 49.4 Å². The Bertz CT molecular complexity index is 610. The van der Waals surface area contributed by atoms with E-state index in [1.807, 2.05) is 24.3 Å². The average Bonchev–Trinajstić information content (AvgIpc) is 2.48. The largest absolute Gasteiger partial charge is 0.342 e. The molecule has 0 aliphatic carbocycles. The van der Waals surface area contributed by atoms with E-state index in [2.05, 4.69) is 15.9 Å². The fourth-order valence-corrected chi connectivity index (χ4v) is 3.47. The van der Waals surface area contributed by atoms with Gasteiger partial charge >= 0.3 is 0 Å². The van der Waals surface area contributed by atoms with E-state index >= 15 is 0 Å². The molecule has 1 fully saturated rings. The van der Waals surface area contributed by atoms with Crippen LogP contribution >= 0.6 is 15.9 Å². The van der Waals surface area contributed by atoms with Gasteiger partial charge in [0.2, 0.25) is 15.9 Å². The Morgan fingerprint density at radius 1 is 1.18 bits per heavy atom. The minimum Gasteiger partial charge on any atom is -0.342 e. The van der Waals surface area contributed by atoms with Gasteiger partial charge in [-0.1, -0.05) is 28.1 Å². The number of carbonyl (C=O) groups excluding carboxylic acids is 1. The number of sulfonamides is 1. The Morgan fingerprint density at radius 3 is 2.32 bits per heavy atom. The van der Waals surface area contributed by atoms with E-state index < -0.39 is 10.0 Å². The van der Waals surface area contributed by atoms with Crippen LogP contribution in [0.1, 0.15) is 24.8 Å². The summed E-state index contributed by atoms with van der Waals surface area (Å²) in [5, 5.41) is 0. The molecule has 0 spiro atoms. The van der Waals surface area contributed by atoms with Gasteiger partial charge in [0, 0.05) is 24.1 Å². The number of hydrogen-bond acceptors (Lipinski definition) is 3. The molecule has 1 heterocycles. The van der Waals surface area contributed by atoms with Crippen LogP contribution in [0, 0.1) is 0 Å². The lowest BCUT2D eigenvalue weighted by atomic mass is 10.1. The summed E-state index contributed by atoms with van der Waals surface area (Å²) in [4.78, 5) is 14.1. The first kappa shape index (κ1) is 17.4. The lowest BCUT2D eigenvalue weighted by molar-refractivity contribution is -0.132. The predicted molar refractivity (Wildman–Crippen MR) is 89.8 cm³/mol. The maximum absolute atomic E-state index is 12.3. The molecule has 7 heteroatoms. The molecule has 22 heavy (non-hydrogen) atoms. The van der Waals surface area contributed by atoms with E-state index in [-0.39, 0.29) is 19.0 Å². The van der Waals surface area contributed by atoms with Gasteiger partial charge in [0.1, 0.15) is 0 Å². The van der Waals surface area contributed by atoms with Crippen LogP contribution in [-0.2, 0) is 21.4 Å². The van der Waals surface area contributed by atoms with E-state index in [0.717, 1.165) is 48.6 Å². The average molecular weight is 389 g/mol. The quantitative estimate of drug-likeness (QED) is 0.776. The molecule has 0 atom stereocenters. The molecule has 0 N–H and O–H groups in total. The molecule has 0 aromatic heterocycles. The third-order valence-electron chi connectivity index (χ3n) is 3.76. The van der Waals surface area contributed by atoms with E-state index in [4.69, 9.17) is 0 Å². The molecular formula is C15H21BrN2O3S. The van der Waals surface area contributed by atoms with Crippen molar-refractivity contribution in [2.45, 2.75) is 25.8 Å². The molecule has 122 valence electrons. The number of likely N-dealkylation sites (tertiary alicyclic amines) is 1. The second kappa shape index (κ2) is 7.57. The summed E-state index contributed by atoms with van der Waals surface area (Å²) < 4.78 is 26.1. The van der Waals surface area contributed by atoms with Crippen LogP contribution in [0.5, 0.6) is 0 Å². The number of rotatable bonds is 5. The number of nitrogens with zero attached hydrogens (tertiary/aromatic N) is 2. The van der Waals surface area contributed by atoms with Crippen molar-refractivity contribution in [1.82, 2.24) is 9.21 Å². The number of amides is 1. The summed E-state index contributed by atoms with van der Waals surface area (Å²) in [6.45, 7) is 1.59. The van der Waals surface area contributed by atoms with Crippen molar-refractivity contribution in [3.8, 4) is 0 Å². The standard InChI is InChI=1S/C15H21BrN2O3S/c1-22(20,21)18(11-13-5-7-14(16)8-6-13)12-15(19)17-9-3-2-4-10-17/h5-8H,2-4,9-12H2,1H3. The first-order chi connectivity index (χ1) is 10.4. The van der Waals surface area contributed by atoms with Gasteiger partial charge in [-0.05, 0) is 37.0 Å². The zero-order valence-electron chi connectivity index (χ0n) is 12.7. The van der Waals surface area contributed by atoms with Crippen molar-refractivity contribution in [2.24, 2.45) is 0 Å². The summed E-state index contributed by atoms with van der Waals surface area (Å²) in [5.41, 5.74) is 0.861. The first-order valence-electron chi connectivity index (χ1n) is 7.33. The normalized spacial score (nSPS) is 16.0. The number of carbonyl (C=O) groups is 1. The lowest BCUT2D eigenvalue weighted by Crippen LogP contribution is -2.44. The molecule has 0 bridgehead atoms. The van der Waals surface area contributed by atoms with Gasteiger partial charge in [-0.25, -0.2) is 8.42 Å². The van der Waals surface area contributed by atoms with Crippen molar-refractivity contribution in [2.75, 3.05) is 25.9 Å². The highest BCUT2D eigenvalue weighted by Crippen LogP contribution is 2.15. The summed E-state index contributed by atoms with van der Waals surface area (Å²) in [6, 6.07) is 7.44. The Kier molecular flexibility index (Phi) is 6.00. The molecule has 0 radical (unpaired) electrons. The molecule has 1 aliphatic heterocycles. The van der Waals surface area contributed by atoms with Crippen LogP contribution in [0.2, 0.25) is 0 Å². The molecule has 5 nitrogen and oxygen atoms in total. The van der Waals surface area contributed by atoms with Crippen molar-refractivity contribution in [3.63, 3.8) is 0 Å². The van der Waals surface area contributed by atoms with Crippen LogP contribution in [0.4, 0.5) is 0 Å². The number of piperidine rings is 1. The zero-order chi connectivity index (χ0) is 16.2. The van der Waals surface area contributed by atoms with Crippen molar-refractivity contribution >= 4 is 31.9 Å². The first-order valence-corrected chi connectivity index (χ1v) is 9.98. The van der Waals surface area contributed by atoms with Gasteiger partial charge in [0.05, 0.1) is 12.8 Å². The molecule has 2 rings (SSSR count). The number of benzene rings is 1. The predicted octanol–water partition coefficient (Wildman–Crippen LogP) is 2.22. The SMILES string of the molecule is CS(=O)(=O)N(CC(=O)N1CCCCC1)Cc1ccc(Br)cc1. The van der Waals surface area contributed by atoms with E-state index in [0.29, 0.717) is 0 Å². The highest BCUT2D eigenvalue weighted by molar-refractivity contribution is 9.10. The highest BCUT2D eigenvalue weighted by atomic mass is 79.9. The minimum atomic E-state index is -3.43. The third kappa shape index (κ3) is 5.07. The topological polar surface area (TPSA) is 57.7 Å². The van der Waals surface area contributed by atoms with Gasteiger partial charge in [-0.2, -0.15) is 4.31 Å². The number of halogens is 1. The molecule has 0 saturated carbocycles. The van der Waals surface area contributed by atoms with E-state index in [1.165, 1.54) is 4.31 Å². The second-order valence-electron chi connectivity index (χ2n) is 5.60. The number of hydrogen-bond donors (Lipinski definition) is 0. The van der Waals surface area contributed by atoms with Crippen molar-refractivity contribution in [3.05, 3.63) is 34.3 Å². The molecule has 0 unspecified atom stereocenters. The highest BCUT2D eigenvalue weighted by Gasteiger charge is 2.24. The van der Waals surface area contributed by atoms with Crippen molar-refractivity contribution in [1.29, 1.82) is 0 Å². The van der Waals surface area contributed by atoms with Gasteiger partial charge in [0.15, 0.2) is 0 Å². The van der Waals surface area contributed by atoms with Gasteiger partial charge in [-0.3, -0.25) is 4.79 Å². The Morgan fingerprint density at radius 2 is 1.77 bits per heavy atom. The smallest absolute Gasteiger partial charge is 0.237 e. The molecule has 1 amide bonds. The van der Waals surface area contributed by atoms with Crippen molar-refractivity contribution < 1.29 is 13.2 Å².